The van der Waals surface area contributed by atoms with E-state index in [0.29, 0.717) is 0 Å². The minimum atomic E-state index is 0.719. The van der Waals surface area contributed by atoms with Gasteiger partial charge in [0.1, 0.15) is 0 Å². The number of hydrogen-bond donors (Lipinski definition) is 2. The van der Waals surface area contributed by atoms with E-state index in [4.69, 9.17) is 5.14 Å². The van der Waals surface area contributed by atoms with Crippen LogP contribution >= 0.6 is 11.9 Å². The number of nitrogens with two attached hydrogens (primary N) is 1. The molecule has 1 rings (SSSR count). The molecule has 1 aliphatic heterocycles. The number of rotatable bonds is 1. The Morgan fingerprint density at radius 2 is 2.00 bits per heavy atom. The third-order valence-corrected chi connectivity index (χ3v) is 2.33. The second-order valence-corrected chi connectivity index (χ2v) is 3.02. The monoisotopic (exact) mass is 132 g/mol. The smallest absolute Gasteiger partial charge is 0.0214 e. The highest BCUT2D eigenvalue weighted by atomic mass is 32.2. The molecule has 0 radical (unpaired) electrons. The summed E-state index contributed by atoms with van der Waals surface area (Å²) in [4.78, 5) is 0. The summed E-state index contributed by atoms with van der Waals surface area (Å²) in [6.45, 7) is 2.30. The lowest BCUT2D eigenvalue weighted by Gasteiger charge is -2.19. The maximum absolute atomic E-state index is 5.39. The zero-order valence-electron chi connectivity index (χ0n) is 4.89. The highest BCUT2D eigenvalue weighted by Crippen LogP contribution is 2.13. The van der Waals surface area contributed by atoms with Gasteiger partial charge in [0, 0.05) is 5.25 Å². The Kier molecular flexibility index (Phi) is 2.66. The normalized spacial score (nSPS) is 23.6. The van der Waals surface area contributed by atoms with Crippen LogP contribution in [0.4, 0.5) is 0 Å². The molecule has 8 heavy (non-hydrogen) atoms. The zero-order valence-corrected chi connectivity index (χ0v) is 5.71. The fourth-order valence-corrected chi connectivity index (χ4v) is 1.44. The Labute approximate surface area is 54.3 Å². The quantitative estimate of drug-likeness (QED) is 0.505. The van der Waals surface area contributed by atoms with Crippen LogP contribution in [-0.4, -0.2) is 18.3 Å². The summed E-state index contributed by atoms with van der Waals surface area (Å²) in [5.41, 5.74) is 0. The lowest BCUT2D eigenvalue weighted by Crippen LogP contribution is -2.29. The predicted molar refractivity (Wildman–Crippen MR) is 37.7 cm³/mol. The Hall–Kier alpha value is 0.270. The third-order valence-electron chi connectivity index (χ3n) is 1.48. The molecule has 48 valence electrons. The minimum Gasteiger partial charge on any atom is -0.317 e. The second kappa shape index (κ2) is 3.33. The molecule has 0 atom stereocenters. The van der Waals surface area contributed by atoms with Crippen LogP contribution in [0.1, 0.15) is 12.8 Å². The third kappa shape index (κ3) is 1.65. The molecule has 0 aromatic rings. The van der Waals surface area contributed by atoms with Gasteiger partial charge in [0.05, 0.1) is 0 Å². The van der Waals surface area contributed by atoms with Gasteiger partial charge in [-0.05, 0) is 25.9 Å². The van der Waals surface area contributed by atoms with Crippen molar-refractivity contribution in [2.45, 2.75) is 18.1 Å². The molecule has 2 nitrogen and oxygen atoms in total. The molecule has 1 saturated heterocycles. The van der Waals surface area contributed by atoms with Crippen molar-refractivity contribution in [3.63, 3.8) is 0 Å². The Balaban J connectivity index is 2.13. The average Bonchev–Trinajstić information content (AvgIpc) is 1.90. The molecule has 0 saturated carbocycles. The van der Waals surface area contributed by atoms with Crippen molar-refractivity contribution in [3.8, 4) is 0 Å². The summed E-state index contributed by atoms with van der Waals surface area (Å²) in [6.07, 6.45) is 2.47. The van der Waals surface area contributed by atoms with Crippen molar-refractivity contribution in [1.29, 1.82) is 0 Å². The van der Waals surface area contributed by atoms with Gasteiger partial charge >= 0.3 is 0 Å². The summed E-state index contributed by atoms with van der Waals surface area (Å²) < 4.78 is 0. The van der Waals surface area contributed by atoms with E-state index in [1.807, 2.05) is 0 Å². The topological polar surface area (TPSA) is 38.0 Å². The first kappa shape index (κ1) is 6.39. The SMILES string of the molecule is NSC1CCNCC1. The van der Waals surface area contributed by atoms with E-state index in [9.17, 15) is 0 Å². The summed E-state index contributed by atoms with van der Waals surface area (Å²) in [5, 5.41) is 9.39. The van der Waals surface area contributed by atoms with Crippen molar-refractivity contribution in [3.05, 3.63) is 0 Å². The van der Waals surface area contributed by atoms with Gasteiger partial charge < -0.3 is 5.32 Å². The highest BCUT2D eigenvalue weighted by Gasteiger charge is 2.10. The fraction of sp³-hybridized carbons (Fsp3) is 1.00. The summed E-state index contributed by atoms with van der Waals surface area (Å²) in [7, 11) is 0. The number of piperidine rings is 1. The van der Waals surface area contributed by atoms with Crippen LogP contribution < -0.4 is 10.5 Å². The van der Waals surface area contributed by atoms with Crippen molar-refractivity contribution in [1.82, 2.24) is 5.32 Å². The lowest BCUT2D eigenvalue weighted by atomic mass is 10.2. The van der Waals surface area contributed by atoms with E-state index in [-0.39, 0.29) is 0 Å². The molecule has 1 aliphatic rings. The molecular weight excluding hydrogens is 120 g/mol. The zero-order chi connectivity index (χ0) is 5.82. The van der Waals surface area contributed by atoms with Crippen LogP contribution in [0, 0.1) is 0 Å². The summed E-state index contributed by atoms with van der Waals surface area (Å²) in [5.74, 6) is 0. The molecule has 0 bridgehead atoms. The molecule has 0 aromatic heterocycles. The van der Waals surface area contributed by atoms with E-state index in [1.54, 1.807) is 0 Å². The molecule has 1 fully saturated rings. The first-order valence-corrected chi connectivity index (χ1v) is 3.94. The van der Waals surface area contributed by atoms with Gasteiger partial charge in [-0.25, -0.2) is 0 Å². The Morgan fingerprint density at radius 1 is 1.38 bits per heavy atom. The van der Waals surface area contributed by atoms with E-state index in [2.05, 4.69) is 5.32 Å². The fourth-order valence-electron chi connectivity index (χ4n) is 0.932. The van der Waals surface area contributed by atoms with Crippen LogP contribution in [0.5, 0.6) is 0 Å². The molecule has 3 N–H and O–H groups in total. The summed E-state index contributed by atoms with van der Waals surface area (Å²) >= 11 is 1.51. The highest BCUT2D eigenvalue weighted by molar-refractivity contribution is 7.97. The molecular formula is C5H12N2S. The van der Waals surface area contributed by atoms with Crippen LogP contribution in [0.2, 0.25) is 0 Å². The predicted octanol–water partition coefficient (Wildman–Crippen LogP) is 0.345. The van der Waals surface area contributed by atoms with E-state index in [1.165, 1.54) is 24.8 Å². The number of nitrogens with one attached hydrogen (secondary N) is 1. The van der Waals surface area contributed by atoms with Crippen LogP contribution in [0.15, 0.2) is 0 Å². The van der Waals surface area contributed by atoms with Gasteiger partial charge in [-0.15, -0.1) is 0 Å². The van der Waals surface area contributed by atoms with Crippen LogP contribution in [-0.2, 0) is 0 Å². The maximum atomic E-state index is 5.39. The van der Waals surface area contributed by atoms with Crippen molar-refractivity contribution in [2.75, 3.05) is 13.1 Å². The molecule has 0 aliphatic carbocycles. The number of hydrogen-bond acceptors (Lipinski definition) is 3. The van der Waals surface area contributed by atoms with E-state index >= 15 is 0 Å². The van der Waals surface area contributed by atoms with E-state index < -0.39 is 0 Å². The minimum absolute atomic E-state index is 0.719. The molecule has 0 spiro atoms. The first-order valence-electron chi connectivity index (χ1n) is 3.00. The van der Waals surface area contributed by atoms with Crippen LogP contribution in [0.3, 0.4) is 0 Å². The second-order valence-electron chi connectivity index (χ2n) is 2.09. The van der Waals surface area contributed by atoms with Crippen molar-refractivity contribution >= 4 is 11.9 Å². The average molecular weight is 132 g/mol. The van der Waals surface area contributed by atoms with Crippen LogP contribution in [0.25, 0.3) is 0 Å². The summed E-state index contributed by atoms with van der Waals surface area (Å²) in [6, 6.07) is 0. The van der Waals surface area contributed by atoms with Gasteiger partial charge in [-0.2, -0.15) is 0 Å². The van der Waals surface area contributed by atoms with Gasteiger partial charge in [0.2, 0.25) is 0 Å². The Morgan fingerprint density at radius 3 is 2.38 bits per heavy atom. The molecule has 3 heteroatoms. The molecule has 0 unspecified atom stereocenters. The largest absolute Gasteiger partial charge is 0.317 e. The van der Waals surface area contributed by atoms with Crippen molar-refractivity contribution < 1.29 is 0 Å². The molecule has 1 heterocycles. The molecule has 0 amide bonds. The lowest BCUT2D eigenvalue weighted by molar-refractivity contribution is 0.532. The van der Waals surface area contributed by atoms with Crippen molar-refractivity contribution in [2.24, 2.45) is 5.14 Å². The first-order chi connectivity index (χ1) is 3.93. The maximum Gasteiger partial charge on any atom is 0.0214 e. The van der Waals surface area contributed by atoms with Gasteiger partial charge in [-0.1, -0.05) is 11.9 Å². The van der Waals surface area contributed by atoms with E-state index in [0.717, 1.165) is 18.3 Å². The Bertz CT molecular complexity index is 61.4. The van der Waals surface area contributed by atoms with Gasteiger partial charge in [0.25, 0.3) is 0 Å². The standard InChI is InChI=1S/C5H12N2S/c6-8-5-1-3-7-4-2-5/h5,7H,1-4,6H2. The molecule has 0 aromatic carbocycles. The van der Waals surface area contributed by atoms with Gasteiger partial charge in [-0.3, -0.25) is 5.14 Å². The van der Waals surface area contributed by atoms with Gasteiger partial charge in [0.15, 0.2) is 0 Å².